The van der Waals surface area contributed by atoms with Gasteiger partial charge in [0.2, 0.25) is 5.91 Å². The first-order chi connectivity index (χ1) is 6.61. The Hall–Kier alpha value is -1.14. The van der Waals surface area contributed by atoms with Crippen LogP contribution in [0, 0.1) is 0 Å². The number of carbonyl (C=O) groups is 2. The Balaban J connectivity index is 3.70. The molecule has 0 saturated carbocycles. The summed E-state index contributed by atoms with van der Waals surface area (Å²) < 4.78 is 0. The van der Waals surface area contributed by atoms with Gasteiger partial charge in [-0.2, -0.15) is 0 Å². The lowest BCUT2D eigenvalue weighted by Gasteiger charge is -2.12. The minimum atomic E-state index is -0.522. The molecule has 0 aromatic heterocycles. The number of hydrogen-bond donors (Lipinski definition) is 4. The third kappa shape index (κ3) is 5.50. The molecule has 0 fully saturated rings. The van der Waals surface area contributed by atoms with Crippen molar-refractivity contribution in [3.8, 4) is 0 Å². The number of aliphatic hydroxyl groups is 1. The summed E-state index contributed by atoms with van der Waals surface area (Å²) in [6.07, 6.45) is 0.581. The maximum absolute atomic E-state index is 11.2. The van der Waals surface area contributed by atoms with E-state index in [-0.39, 0.29) is 12.5 Å². The summed E-state index contributed by atoms with van der Waals surface area (Å²) in [7, 11) is 1.44. The maximum Gasteiger partial charge on any atom is 0.321 e. The highest BCUT2D eigenvalue weighted by atomic mass is 16.3. The van der Waals surface area contributed by atoms with E-state index < -0.39 is 12.1 Å². The molecule has 1 unspecified atom stereocenters. The van der Waals surface area contributed by atoms with Crippen LogP contribution in [0.15, 0.2) is 0 Å². The van der Waals surface area contributed by atoms with Crippen molar-refractivity contribution in [1.29, 1.82) is 0 Å². The predicted molar refractivity (Wildman–Crippen MR) is 51.8 cm³/mol. The van der Waals surface area contributed by atoms with Crippen molar-refractivity contribution in [3.05, 3.63) is 0 Å². The molecule has 1 atom stereocenters. The highest BCUT2D eigenvalue weighted by Gasteiger charge is 2.13. The molecule has 4 N–H and O–H groups in total. The molecule has 6 nitrogen and oxygen atoms in total. The average molecular weight is 203 g/mol. The first kappa shape index (κ1) is 12.9. The Labute approximate surface area is 83.1 Å². The number of urea groups is 1. The molecule has 0 bridgehead atoms. The molecule has 0 aliphatic carbocycles. The van der Waals surface area contributed by atoms with E-state index in [0.29, 0.717) is 13.0 Å². The summed E-state index contributed by atoms with van der Waals surface area (Å²) >= 11 is 0. The fraction of sp³-hybridized carbons (Fsp3) is 0.750. The van der Waals surface area contributed by atoms with Gasteiger partial charge in [-0.25, -0.2) is 4.79 Å². The Kier molecular flexibility index (Phi) is 6.69. The fourth-order valence-corrected chi connectivity index (χ4v) is 0.773. The van der Waals surface area contributed by atoms with Crippen LogP contribution in [0.4, 0.5) is 4.79 Å². The quantitative estimate of drug-likeness (QED) is 0.423. The van der Waals surface area contributed by atoms with Gasteiger partial charge in [-0.1, -0.05) is 0 Å². The van der Waals surface area contributed by atoms with Gasteiger partial charge >= 0.3 is 6.03 Å². The van der Waals surface area contributed by atoms with Crippen molar-refractivity contribution in [2.24, 2.45) is 0 Å². The topological polar surface area (TPSA) is 90.5 Å². The molecule has 82 valence electrons. The molecule has 0 aromatic rings. The largest absolute Gasteiger partial charge is 0.396 e. The summed E-state index contributed by atoms with van der Waals surface area (Å²) in [5.41, 5.74) is 0. The molecule has 0 rings (SSSR count). The molecule has 6 heteroatoms. The number of carbonyl (C=O) groups excluding carboxylic acids is 2. The van der Waals surface area contributed by atoms with E-state index in [1.54, 1.807) is 6.92 Å². The van der Waals surface area contributed by atoms with Crippen LogP contribution in [0.2, 0.25) is 0 Å². The molecular formula is C8H17N3O3. The molecule has 0 heterocycles. The highest BCUT2D eigenvalue weighted by molar-refractivity contribution is 5.96. The zero-order valence-corrected chi connectivity index (χ0v) is 8.46. The minimum absolute atomic E-state index is 0.0801. The lowest BCUT2D eigenvalue weighted by Crippen LogP contribution is -2.47. The Morgan fingerprint density at radius 2 is 2.07 bits per heavy atom. The summed E-state index contributed by atoms with van der Waals surface area (Å²) in [6.45, 7) is 2.27. The van der Waals surface area contributed by atoms with Gasteiger partial charge in [0.05, 0.1) is 6.04 Å². The molecule has 0 aliphatic rings. The van der Waals surface area contributed by atoms with Crippen LogP contribution in [0.1, 0.15) is 13.3 Å². The van der Waals surface area contributed by atoms with Gasteiger partial charge in [0.1, 0.15) is 0 Å². The second-order valence-electron chi connectivity index (χ2n) is 2.82. The van der Waals surface area contributed by atoms with Crippen LogP contribution in [0.25, 0.3) is 0 Å². The van der Waals surface area contributed by atoms with Gasteiger partial charge in [0, 0.05) is 13.7 Å². The van der Waals surface area contributed by atoms with Crippen LogP contribution in [0.3, 0.4) is 0 Å². The van der Waals surface area contributed by atoms with E-state index in [2.05, 4.69) is 16.0 Å². The zero-order valence-electron chi connectivity index (χ0n) is 8.46. The van der Waals surface area contributed by atoms with Gasteiger partial charge in [-0.05, 0) is 19.9 Å². The highest BCUT2D eigenvalue weighted by Crippen LogP contribution is 1.83. The van der Waals surface area contributed by atoms with Crippen LogP contribution >= 0.6 is 0 Å². The number of imide groups is 1. The van der Waals surface area contributed by atoms with E-state index in [9.17, 15) is 9.59 Å². The fourth-order valence-electron chi connectivity index (χ4n) is 0.773. The number of aliphatic hydroxyl groups excluding tert-OH is 1. The van der Waals surface area contributed by atoms with Crippen molar-refractivity contribution >= 4 is 11.9 Å². The predicted octanol–water partition coefficient (Wildman–Crippen LogP) is -1.20. The smallest absolute Gasteiger partial charge is 0.321 e. The Morgan fingerprint density at radius 1 is 1.43 bits per heavy atom. The van der Waals surface area contributed by atoms with Crippen molar-refractivity contribution in [3.63, 3.8) is 0 Å². The van der Waals surface area contributed by atoms with Crippen molar-refractivity contribution in [1.82, 2.24) is 16.0 Å². The van der Waals surface area contributed by atoms with Crippen molar-refractivity contribution in [2.45, 2.75) is 19.4 Å². The molecule has 0 aromatic carbocycles. The number of amides is 3. The molecule has 0 radical (unpaired) electrons. The lowest BCUT2D eigenvalue weighted by molar-refractivity contribution is -0.121. The second kappa shape index (κ2) is 7.28. The number of hydrogen-bond acceptors (Lipinski definition) is 4. The maximum atomic E-state index is 11.2. The molecular weight excluding hydrogens is 186 g/mol. The van der Waals surface area contributed by atoms with E-state index in [1.165, 1.54) is 7.05 Å². The Bertz CT molecular complexity index is 196. The van der Waals surface area contributed by atoms with E-state index in [1.807, 2.05) is 0 Å². The standard InChI is InChI=1S/C8H17N3O3/c1-6(10-4-3-5-12)7(13)11-8(14)9-2/h6,10,12H,3-5H2,1-2H3,(H2,9,11,13,14). The van der Waals surface area contributed by atoms with E-state index in [0.717, 1.165) is 0 Å². The summed E-state index contributed by atoms with van der Waals surface area (Å²) in [5, 5.41) is 15.8. The summed E-state index contributed by atoms with van der Waals surface area (Å²) in [6, 6.07) is -0.968. The number of rotatable bonds is 5. The number of nitrogens with one attached hydrogen (secondary N) is 3. The van der Waals surface area contributed by atoms with E-state index >= 15 is 0 Å². The van der Waals surface area contributed by atoms with Crippen LogP contribution in [-0.2, 0) is 4.79 Å². The SMILES string of the molecule is CNC(=O)NC(=O)C(C)NCCCO. The Morgan fingerprint density at radius 3 is 2.57 bits per heavy atom. The van der Waals surface area contributed by atoms with Gasteiger partial charge < -0.3 is 15.7 Å². The molecule has 3 amide bonds. The summed E-state index contributed by atoms with van der Waals surface area (Å²) in [5.74, 6) is -0.387. The van der Waals surface area contributed by atoms with Gasteiger partial charge in [-0.15, -0.1) is 0 Å². The van der Waals surface area contributed by atoms with Crippen molar-refractivity contribution in [2.75, 3.05) is 20.2 Å². The van der Waals surface area contributed by atoms with Crippen LogP contribution in [-0.4, -0.2) is 43.3 Å². The van der Waals surface area contributed by atoms with Gasteiger partial charge in [0.25, 0.3) is 0 Å². The first-order valence-corrected chi connectivity index (χ1v) is 4.48. The average Bonchev–Trinajstić information content (AvgIpc) is 2.17. The van der Waals surface area contributed by atoms with Gasteiger partial charge in [-0.3, -0.25) is 10.1 Å². The first-order valence-electron chi connectivity index (χ1n) is 4.48. The van der Waals surface area contributed by atoms with E-state index in [4.69, 9.17) is 5.11 Å². The molecule has 0 saturated heterocycles. The normalized spacial score (nSPS) is 11.9. The van der Waals surface area contributed by atoms with Crippen LogP contribution < -0.4 is 16.0 Å². The molecule has 0 aliphatic heterocycles. The third-order valence-corrected chi connectivity index (χ3v) is 1.64. The molecule has 0 spiro atoms. The van der Waals surface area contributed by atoms with Crippen molar-refractivity contribution < 1.29 is 14.7 Å². The monoisotopic (exact) mass is 203 g/mol. The zero-order chi connectivity index (χ0) is 11.0. The summed E-state index contributed by atoms with van der Waals surface area (Å²) in [4.78, 5) is 22.0. The van der Waals surface area contributed by atoms with Gasteiger partial charge in [0.15, 0.2) is 0 Å². The third-order valence-electron chi connectivity index (χ3n) is 1.64. The lowest BCUT2D eigenvalue weighted by atomic mass is 10.3. The molecule has 14 heavy (non-hydrogen) atoms. The van der Waals surface area contributed by atoms with Crippen LogP contribution in [0.5, 0.6) is 0 Å². The minimum Gasteiger partial charge on any atom is -0.396 e. The second-order valence-corrected chi connectivity index (χ2v) is 2.82.